The molecule has 5 heteroatoms. The Balaban J connectivity index is 1.41. The van der Waals surface area contributed by atoms with E-state index < -0.39 is 12.1 Å². The first kappa shape index (κ1) is 22.4. The van der Waals surface area contributed by atoms with Crippen LogP contribution in [0.15, 0.2) is 103 Å². The highest BCUT2D eigenvalue weighted by atomic mass is 16.6. The number of carboxylic acids is 1. The zero-order chi connectivity index (χ0) is 24.2. The third-order valence-corrected chi connectivity index (χ3v) is 6.45. The van der Waals surface area contributed by atoms with Gasteiger partial charge in [0.25, 0.3) is 0 Å². The monoisotopic (exact) mass is 463 g/mol. The van der Waals surface area contributed by atoms with Crippen LogP contribution in [0.3, 0.4) is 0 Å². The number of hydrogen-bond donors (Lipinski definition) is 1. The quantitative estimate of drug-likeness (QED) is 0.345. The van der Waals surface area contributed by atoms with Crippen molar-refractivity contribution < 1.29 is 19.4 Å². The Hall–Kier alpha value is -4.38. The van der Waals surface area contributed by atoms with Crippen molar-refractivity contribution in [2.75, 3.05) is 18.1 Å². The summed E-state index contributed by atoms with van der Waals surface area (Å²) in [5, 5.41) is 9.72. The Morgan fingerprint density at radius 2 is 1.31 bits per heavy atom. The van der Waals surface area contributed by atoms with Gasteiger partial charge in [-0.2, -0.15) is 0 Å². The van der Waals surface area contributed by atoms with Crippen molar-refractivity contribution in [2.24, 2.45) is 0 Å². The van der Waals surface area contributed by atoms with E-state index in [2.05, 4.69) is 24.3 Å². The fourth-order valence-corrected chi connectivity index (χ4v) is 4.76. The van der Waals surface area contributed by atoms with Crippen LogP contribution < -0.4 is 4.90 Å². The molecule has 0 radical (unpaired) electrons. The summed E-state index contributed by atoms with van der Waals surface area (Å²) in [6, 6.07) is 32.7. The molecule has 0 atom stereocenters. The lowest BCUT2D eigenvalue weighted by Crippen LogP contribution is -2.35. The third-order valence-electron chi connectivity index (χ3n) is 6.45. The summed E-state index contributed by atoms with van der Waals surface area (Å²) in [5.74, 6) is -1.16. The molecule has 0 bridgehead atoms. The lowest BCUT2D eigenvalue weighted by molar-refractivity contribution is 0.0697. The van der Waals surface area contributed by atoms with Crippen molar-refractivity contribution in [3.8, 4) is 11.1 Å². The second-order valence-electron chi connectivity index (χ2n) is 8.51. The van der Waals surface area contributed by atoms with Gasteiger partial charge in [-0.3, -0.25) is 4.90 Å². The number of amides is 1. The van der Waals surface area contributed by atoms with Crippen LogP contribution >= 0.6 is 0 Å². The highest BCUT2D eigenvalue weighted by Gasteiger charge is 2.30. The van der Waals surface area contributed by atoms with E-state index in [0.29, 0.717) is 18.7 Å². The molecule has 0 fully saturated rings. The van der Waals surface area contributed by atoms with Crippen LogP contribution in [0.25, 0.3) is 11.1 Å². The highest BCUT2D eigenvalue weighted by molar-refractivity contribution is 6.00. The number of para-hydroxylation sites is 1. The van der Waals surface area contributed by atoms with Crippen LogP contribution in [-0.2, 0) is 11.2 Å². The molecule has 4 aromatic rings. The fourth-order valence-electron chi connectivity index (χ4n) is 4.76. The van der Waals surface area contributed by atoms with E-state index in [1.807, 2.05) is 54.6 Å². The Morgan fingerprint density at radius 3 is 1.97 bits per heavy atom. The van der Waals surface area contributed by atoms with Gasteiger partial charge in [0.1, 0.15) is 6.61 Å². The van der Waals surface area contributed by atoms with Gasteiger partial charge in [0.05, 0.1) is 11.3 Å². The number of ether oxygens (including phenoxy) is 1. The first-order chi connectivity index (χ1) is 17.1. The zero-order valence-electron chi connectivity index (χ0n) is 19.1. The third kappa shape index (κ3) is 4.53. The Morgan fingerprint density at radius 1 is 0.743 bits per heavy atom. The van der Waals surface area contributed by atoms with Crippen molar-refractivity contribution in [2.45, 2.75) is 12.3 Å². The number of anilines is 1. The summed E-state index contributed by atoms with van der Waals surface area (Å²) >= 11 is 0. The van der Waals surface area contributed by atoms with E-state index in [9.17, 15) is 14.7 Å². The van der Waals surface area contributed by atoms with Crippen LogP contribution in [0.2, 0.25) is 0 Å². The summed E-state index contributed by atoms with van der Waals surface area (Å²) in [6.45, 7) is 0.467. The van der Waals surface area contributed by atoms with Crippen LogP contribution in [-0.4, -0.2) is 30.3 Å². The lowest BCUT2D eigenvalue weighted by atomic mass is 9.98. The highest BCUT2D eigenvalue weighted by Crippen LogP contribution is 2.44. The largest absolute Gasteiger partial charge is 0.478 e. The van der Waals surface area contributed by atoms with Crippen molar-refractivity contribution >= 4 is 17.7 Å². The number of benzene rings is 4. The van der Waals surface area contributed by atoms with E-state index in [0.717, 1.165) is 27.8 Å². The molecular formula is C30H25NO4. The van der Waals surface area contributed by atoms with Gasteiger partial charge >= 0.3 is 12.1 Å². The number of carboxylic acid groups (broad SMARTS) is 1. The van der Waals surface area contributed by atoms with E-state index in [1.165, 1.54) is 11.0 Å². The predicted molar refractivity (Wildman–Crippen MR) is 136 cm³/mol. The summed E-state index contributed by atoms with van der Waals surface area (Å²) in [7, 11) is 0. The van der Waals surface area contributed by atoms with Crippen molar-refractivity contribution in [3.05, 3.63) is 125 Å². The number of carbonyl (C=O) groups excluding carboxylic acids is 1. The maximum Gasteiger partial charge on any atom is 0.414 e. The Labute approximate surface area is 204 Å². The molecule has 0 unspecified atom stereocenters. The molecular weight excluding hydrogens is 438 g/mol. The number of carbonyl (C=O) groups is 2. The van der Waals surface area contributed by atoms with E-state index in [4.69, 9.17) is 4.74 Å². The van der Waals surface area contributed by atoms with Crippen LogP contribution in [0.4, 0.5) is 10.5 Å². The maximum atomic E-state index is 13.4. The summed E-state index contributed by atoms with van der Waals surface area (Å²) < 4.78 is 5.87. The average Bonchev–Trinajstić information content (AvgIpc) is 3.22. The van der Waals surface area contributed by atoms with Crippen LogP contribution in [0.1, 0.15) is 33.0 Å². The number of rotatable bonds is 7. The van der Waals surface area contributed by atoms with E-state index >= 15 is 0 Å². The minimum absolute atomic E-state index is 0.0640. The SMILES string of the molecule is O=C(O)c1ccccc1N(CCc1ccccc1)C(=O)OCC1c2ccccc2-c2ccccc21. The van der Waals surface area contributed by atoms with Gasteiger partial charge in [-0.1, -0.05) is 91.0 Å². The summed E-state index contributed by atoms with van der Waals surface area (Å²) in [6.07, 6.45) is 0.00964. The topological polar surface area (TPSA) is 66.8 Å². The molecule has 0 saturated carbocycles. The van der Waals surface area contributed by atoms with E-state index in [-0.39, 0.29) is 18.1 Å². The molecule has 0 aromatic heterocycles. The van der Waals surface area contributed by atoms with Gasteiger partial charge in [-0.05, 0) is 46.4 Å². The first-order valence-electron chi connectivity index (χ1n) is 11.6. The Bertz CT molecular complexity index is 1320. The summed E-state index contributed by atoms with van der Waals surface area (Å²) in [5.41, 5.74) is 6.01. The second kappa shape index (κ2) is 9.85. The van der Waals surface area contributed by atoms with Crippen molar-refractivity contribution in [1.29, 1.82) is 0 Å². The van der Waals surface area contributed by atoms with Gasteiger partial charge in [0, 0.05) is 12.5 Å². The molecule has 1 N–H and O–H groups in total. The molecule has 0 saturated heterocycles. The van der Waals surface area contributed by atoms with Crippen molar-refractivity contribution in [1.82, 2.24) is 0 Å². The van der Waals surface area contributed by atoms with Crippen LogP contribution in [0.5, 0.6) is 0 Å². The maximum absolute atomic E-state index is 13.4. The minimum atomic E-state index is -1.09. The standard InChI is InChI=1S/C30H25NO4/c32-29(33)26-16-8-9-17-28(26)31(19-18-21-10-2-1-3-11-21)30(34)35-20-27-24-14-6-4-12-22(24)23-13-5-7-15-25(23)27/h1-17,27H,18-20H2,(H,32,33). The molecule has 1 aliphatic rings. The van der Waals surface area contributed by atoms with Gasteiger partial charge in [0.2, 0.25) is 0 Å². The van der Waals surface area contributed by atoms with Gasteiger partial charge < -0.3 is 9.84 Å². The molecule has 35 heavy (non-hydrogen) atoms. The average molecular weight is 464 g/mol. The smallest absolute Gasteiger partial charge is 0.414 e. The number of fused-ring (bicyclic) bond motifs is 3. The van der Waals surface area contributed by atoms with Crippen LogP contribution in [0, 0.1) is 0 Å². The molecule has 5 nitrogen and oxygen atoms in total. The number of nitrogens with zero attached hydrogens (tertiary/aromatic N) is 1. The normalized spacial score (nSPS) is 12.0. The first-order valence-corrected chi connectivity index (χ1v) is 11.6. The minimum Gasteiger partial charge on any atom is -0.478 e. The molecule has 1 amide bonds. The molecule has 1 aliphatic carbocycles. The molecule has 174 valence electrons. The van der Waals surface area contributed by atoms with Crippen molar-refractivity contribution in [3.63, 3.8) is 0 Å². The molecule has 0 heterocycles. The van der Waals surface area contributed by atoms with Gasteiger partial charge in [-0.25, -0.2) is 9.59 Å². The number of hydrogen-bond acceptors (Lipinski definition) is 3. The number of aromatic carboxylic acids is 1. The summed E-state index contributed by atoms with van der Waals surface area (Å²) in [4.78, 5) is 26.8. The zero-order valence-corrected chi connectivity index (χ0v) is 19.1. The molecule has 0 aliphatic heterocycles. The van der Waals surface area contributed by atoms with Gasteiger partial charge in [-0.15, -0.1) is 0 Å². The fraction of sp³-hybridized carbons (Fsp3) is 0.133. The van der Waals surface area contributed by atoms with E-state index in [1.54, 1.807) is 18.2 Å². The predicted octanol–water partition coefficient (Wildman–Crippen LogP) is 6.38. The van der Waals surface area contributed by atoms with Gasteiger partial charge in [0.15, 0.2) is 0 Å². The molecule has 5 rings (SSSR count). The molecule has 0 spiro atoms. The lowest BCUT2D eigenvalue weighted by Gasteiger charge is -2.25. The second-order valence-corrected chi connectivity index (χ2v) is 8.51. The Kier molecular flexibility index (Phi) is 6.31. The molecule has 4 aromatic carbocycles.